The van der Waals surface area contributed by atoms with Gasteiger partial charge in [-0.25, -0.2) is 5.10 Å². The number of hydrazone groups is 1. The second-order valence-electron chi connectivity index (χ2n) is 2.83. The molecule has 4 heteroatoms. The van der Waals surface area contributed by atoms with E-state index in [1.165, 1.54) is 6.06 Å². The molecule has 0 saturated heterocycles. The van der Waals surface area contributed by atoms with Crippen molar-refractivity contribution in [2.45, 2.75) is 6.82 Å². The summed E-state index contributed by atoms with van der Waals surface area (Å²) in [4.78, 5) is 1.92. The second-order valence-corrected chi connectivity index (χ2v) is 5.35. The van der Waals surface area contributed by atoms with E-state index in [2.05, 4.69) is 32.0 Å². The number of hydrogen-bond donors (Lipinski definition) is 0. The molecule has 0 atom stereocenters. The zero-order valence-corrected chi connectivity index (χ0v) is 8.23. The summed E-state index contributed by atoms with van der Waals surface area (Å²) in [5, 5.41) is 3.84. The number of hydrogen-bond acceptors (Lipinski definition) is 2. The maximum absolute atomic E-state index is 3.84. The Hall–Kier alpha value is -0.0351. The Kier molecular flexibility index (Phi) is 4.71. The van der Waals surface area contributed by atoms with Crippen molar-refractivity contribution in [3.8, 4) is 0 Å². The molecule has 0 aliphatic carbocycles. The number of nitrogens with zero attached hydrogens (tertiary/aromatic N) is 2. The molecule has 58 valence electrons. The molecule has 0 aliphatic rings. The highest BCUT2D eigenvalue weighted by Gasteiger charge is 2.12. The molecule has 0 fully saturated rings. The predicted molar refractivity (Wildman–Crippen MR) is 52.6 cm³/mol. The smallest absolute Gasteiger partial charge is 0.277 e. The molecule has 0 N–H and O–H groups in total. The van der Waals surface area contributed by atoms with Gasteiger partial charge in [-0.1, -0.05) is 6.82 Å². The van der Waals surface area contributed by atoms with Crippen LogP contribution in [0.2, 0.25) is 6.82 Å². The maximum Gasteiger partial charge on any atom is 0.277 e. The van der Waals surface area contributed by atoms with E-state index in [4.69, 9.17) is 0 Å². The second kappa shape index (κ2) is 4.73. The summed E-state index contributed by atoms with van der Waals surface area (Å²) in [5.74, 6) is 0. The monoisotopic (exact) mass is 158 g/mol. The van der Waals surface area contributed by atoms with Crippen molar-refractivity contribution >= 4 is 21.5 Å². The van der Waals surface area contributed by atoms with Crippen molar-refractivity contribution in [2.24, 2.45) is 5.10 Å². The van der Waals surface area contributed by atoms with Gasteiger partial charge in [-0.2, -0.15) is 0 Å². The fourth-order valence-corrected chi connectivity index (χ4v) is 2.08. The van der Waals surface area contributed by atoms with Crippen molar-refractivity contribution in [3.63, 3.8) is 0 Å². The molecule has 0 aromatic carbocycles. The first-order chi connectivity index (χ1) is 4.57. The van der Waals surface area contributed by atoms with Crippen LogP contribution in [0.15, 0.2) is 5.10 Å². The molecule has 0 unspecified atom stereocenters. The summed E-state index contributed by atoms with van der Waals surface area (Å²) in [6, 6.07) is 1.24. The average Bonchev–Trinajstić information content (AvgIpc) is 1.85. The third kappa shape index (κ3) is 3.89. The normalized spacial score (nSPS) is 9.70. The molecule has 0 aromatic heterocycles. The van der Waals surface area contributed by atoms with E-state index in [0.717, 1.165) is 0 Å². The largest absolute Gasteiger partial charge is 0.344 e. The van der Waals surface area contributed by atoms with Crippen LogP contribution in [0.5, 0.6) is 0 Å². The Labute approximate surface area is 65.5 Å². The van der Waals surface area contributed by atoms with E-state index >= 15 is 0 Å². The summed E-state index contributed by atoms with van der Waals surface area (Å²) in [7, 11) is 2.16. The lowest BCUT2D eigenvalue weighted by Crippen LogP contribution is -2.31. The minimum Gasteiger partial charge on any atom is -0.344 e. The van der Waals surface area contributed by atoms with Crippen LogP contribution in [0.3, 0.4) is 0 Å². The first-order valence-corrected chi connectivity index (χ1v) is 5.84. The van der Waals surface area contributed by atoms with Gasteiger partial charge in [0, 0.05) is 13.8 Å². The lowest BCUT2D eigenvalue weighted by molar-refractivity contribution is 0.571. The molecule has 10 heavy (non-hydrogen) atoms. The average molecular weight is 158 g/mol. The summed E-state index contributed by atoms with van der Waals surface area (Å²) >= 11 is 0. The molecule has 0 heterocycles. The molecule has 0 aliphatic heterocycles. The fraction of sp³-hybridized carbons (Fsp3) is 0.833. The van der Waals surface area contributed by atoms with Gasteiger partial charge in [0.05, 0.1) is 0 Å². The molecular weight excluding hydrogens is 142 g/mol. The van der Waals surface area contributed by atoms with Crippen LogP contribution in [-0.4, -0.2) is 44.9 Å². The first kappa shape index (κ1) is 9.96. The van der Waals surface area contributed by atoms with Crippen molar-refractivity contribution in [1.29, 1.82) is 0 Å². The van der Waals surface area contributed by atoms with Crippen LogP contribution in [-0.2, 0) is 0 Å². The van der Waals surface area contributed by atoms with Crippen LogP contribution in [0.1, 0.15) is 0 Å². The SMILES string of the molecule is C=NN(C)B(C)CP(C)C. The van der Waals surface area contributed by atoms with E-state index < -0.39 is 0 Å². The van der Waals surface area contributed by atoms with Gasteiger partial charge in [0.2, 0.25) is 0 Å². The van der Waals surface area contributed by atoms with Crippen LogP contribution in [0, 0.1) is 0 Å². The highest BCUT2D eigenvalue weighted by Crippen LogP contribution is 2.24. The van der Waals surface area contributed by atoms with Crippen molar-refractivity contribution in [2.75, 3.05) is 26.4 Å². The topological polar surface area (TPSA) is 15.6 Å². The summed E-state index contributed by atoms with van der Waals surface area (Å²) < 4.78 is 0. The third-order valence-corrected chi connectivity index (χ3v) is 2.75. The fourth-order valence-electron chi connectivity index (χ4n) is 0.786. The van der Waals surface area contributed by atoms with Crippen LogP contribution >= 0.6 is 7.92 Å². The van der Waals surface area contributed by atoms with E-state index in [1.54, 1.807) is 0 Å². The third-order valence-electron chi connectivity index (χ3n) is 1.49. The van der Waals surface area contributed by atoms with Crippen molar-refractivity contribution in [1.82, 2.24) is 4.92 Å². The van der Waals surface area contributed by atoms with E-state index in [1.807, 2.05) is 12.0 Å². The molecule has 0 bridgehead atoms. The highest BCUT2D eigenvalue weighted by molar-refractivity contribution is 7.58. The van der Waals surface area contributed by atoms with E-state index in [0.29, 0.717) is 6.85 Å². The first-order valence-electron chi connectivity index (χ1n) is 3.42. The van der Waals surface area contributed by atoms with Gasteiger partial charge < -0.3 is 4.92 Å². The molecule has 0 saturated carbocycles. The van der Waals surface area contributed by atoms with Gasteiger partial charge in [-0.05, 0) is 19.4 Å². The minimum absolute atomic E-state index is 0.193. The Balaban J connectivity index is 3.60. The van der Waals surface area contributed by atoms with Gasteiger partial charge in [-0.3, -0.25) is 0 Å². The summed E-state index contributed by atoms with van der Waals surface area (Å²) in [5.41, 5.74) is 0. The van der Waals surface area contributed by atoms with Crippen LogP contribution in [0.25, 0.3) is 0 Å². The van der Waals surface area contributed by atoms with Crippen LogP contribution in [0.4, 0.5) is 0 Å². The lowest BCUT2D eigenvalue weighted by atomic mass is 9.67. The molecular formula is C6H16BN2P. The molecule has 0 radical (unpaired) electrons. The van der Waals surface area contributed by atoms with E-state index in [-0.39, 0.29) is 7.92 Å². The van der Waals surface area contributed by atoms with Gasteiger partial charge in [0.1, 0.15) is 0 Å². The van der Waals surface area contributed by atoms with Gasteiger partial charge in [0.25, 0.3) is 6.85 Å². The molecule has 0 aromatic rings. The lowest BCUT2D eigenvalue weighted by Gasteiger charge is -2.19. The maximum atomic E-state index is 3.84. The standard InChI is InChI=1S/C6H16BN2P/c1-7(6-10(4)5)9(3)8-2/h2,6H2,1,3-5H3. The van der Waals surface area contributed by atoms with Gasteiger partial charge >= 0.3 is 0 Å². The number of rotatable bonds is 4. The van der Waals surface area contributed by atoms with Crippen molar-refractivity contribution < 1.29 is 0 Å². The van der Waals surface area contributed by atoms with Crippen LogP contribution < -0.4 is 0 Å². The Bertz CT molecular complexity index is 108. The quantitative estimate of drug-likeness (QED) is 0.261. The molecule has 2 nitrogen and oxygen atoms in total. The minimum atomic E-state index is 0.193. The molecule has 0 amide bonds. The summed E-state index contributed by atoms with van der Waals surface area (Å²) in [6.45, 7) is 10.8. The van der Waals surface area contributed by atoms with Crippen molar-refractivity contribution in [3.05, 3.63) is 0 Å². The molecule has 0 spiro atoms. The Morgan fingerprint density at radius 1 is 1.60 bits per heavy atom. The van der Waals surface area contributed by atoms with Gasteiger partial charge in [0.15, 0.2) is 0 Å². The Morgan fingerprint density at radius 2 is 2.10 bits per heavy atom. The molecule has 0 rings (SSSR count). The van der Waals surface area contributed by atoms with Gasteiger partial charge in [-0.15, -0.1) is 7.92 Å². The summed E-state index contributed by atoms with van der Waals surface area (Å²) in [6.07, 6.45) is 0. The predicted octanol–water partition coefficient (Wildman–Crippen LogP) is 1.44. The van der Waals surface area contributed by atoms with E-state index in [9.17, 15) is 0 Å². The zero-order chi connectivity index (χ0) is 8.15. The Morgan fingerprint density at radius 3 is 2.40 bits per heavy atom. The highest BCUT2D eigenvalue weighted by atomic mass is 31.1. The zero-order valence-electron chi connectivity index (χ0n) is 7.33.